The van der Waals surface area contributed by atoms with Gasteiger partial charge in [-0.25, -0.2) is 4.98 Å². The van der Waals surface area contributed by atoms with E-state index in [9.17, 15) is 0 Å². The van der Waals surface area contributed by atoms with E-state index in [0.29, 0.717) is 11.9 Å². The van der Waals surface area contributed by atoms with E-state index in [1.54, 1.807) is 0 Å². The molecule has 1 saturated heterocycles. The Bertz CT molecular complexity index is 334. The van der Waals surface area contributed by atoms with Crippen LogP contribution in [0.1, 0.15) is 50.6 Å². The Morgan fingerprint density at radius 2 is 2.29 bits per heavy atom. The van der Waals surface area contributed by atoms with Gasteiger partial charge in [0.05, 0.1) is 0 Å². The van der Waals surface area contributed by atoms with E-state index in [0.717, 1.165) is 0 Å². The Morgan fingerprint density at radius 1 is 1.41 bits per heavy atom. The highest BCUT2D eigenvalue weighted by Gasteiger charge is 2.23. The zero-order valence-corrected chi connectivity index (χ0v) is 10.7. The molecule has 1 fully saturated rings. The molecule has 0 radical (unpaired) electrons. The zero-order valence-electron chi connectivity index (χ0n) is 10.7. The van der Waals surface area contributed by atoms with Gasteiger partial charge in [0, 0.05) is 12.2 Å². The first-order chi connectivity index (χ1) is 8.31. The predicted octanol–water partition coefficient (Wildman–Crippen LogP) is 2.99. The molecule has 0 aromatic carbocycles. The number of likely N-dealkylation sites (tertiary alicyclic amines) is 1. The molecule has 0 spiro atoms. The molecule has 1 atom stereocenters. The molecule has 2 N–H and O–H groups in total. The lowest BCUT2D eigenvalue weighted by molar-refractivity contribution is 0.146. The van der Waals surface area contributed by atoms with Crippen molar-refractivity contribution in [3.8, 4) is 0 Å². The van der Waals surface area contributed by atoms with E-state index in [2.05, 4.69) is 22.9 Å². The van der Waals surface area contributed by atoms with E-state index in [1.807, 2.05) is 12.3 Å². The highest BCUT2D eigenvalue weighted by molar-refractivity contribution is 5.30. The summed E-state index contributed by atoms with van der Waals surface area (Å²) in [6.45, 7) is 4.70. The van der Waals surface area contributed by atoms with Crippen LogP contribution < -0.4 is 5.73 Å². The third-order valence-electron chi connectivity index (χ3n) is 3.61. The molecule has 1 aromatic heterocycles. The summed E-state index contributed by atoms with van der Waals surface area (Å²) < 4.78 is 0. The molecular weight excluding hydrogens is 210 g/mol. The number of anilines is 1. The van der Waals surface area contributed by atoms with Gasteiger partial charge in [0.1, 0.15) is 5.82 Å². The number of hydrogen-bond donors (Lipinski definition) is 1. The third kappa shape index (κ3) is 3.19. The second kappa shape index (κ2) is 6.01. The van der Waals surface area contributed by atoms with Gasteiger partial charge in [0.25, 0.3) is 0 Å². The average molecular weight is 233 g/mol. The van der Waals surface area contributed by atoms with Crippen molar-refractivity contribution in [3.05, 3.63) is 23.9 Å². The van der Waals surface area contributed by atoms with Gasteiger partial charge in [0.15, 0.2) is 0 Å². The Kier molecular flexibility index (Phi) is 4.37. The molecular formula is C14H23N3. The fourth-order valence-electron chi connectivity index (χ4n) is 2.61. The molecule has 3 nitrogen and oxygen atoms in total. The van der Waals surface area contributed by atoms with Crippen molar-refractivity contribution in [2.75, 3.05) is 18.8 Å². The molecule has 1 aromatic rings. The van der Waals surface area contributed by atoms with Gasteiger partial charge in [-0.3, -0.25) is 4.90 Å². The topological polar surface area (TPSA) is 42.1 Å². The summed E-state index contributed by atoms with van der Waals surface area (Å²) in [6.07, 6.45) is 8.43. The molecule has 2 heterocycles. The standard InChI is InChI=1S/C14H23N3/c1-2-3-9-17-10-5-4-6-13(17)12-7-8-14(15)16-11-12/h7-8,11,13H,2-6,9-10H2,1H3,(H2,15,16)/t13-/m1/s1. The zero-order chi connectivity index (χ0) is 12.1. The Morgan fingerprint density at radius 3 is 3.00 bits per heavy atom. The molecule has 0 aliphatic carbocycles. The number of nitrogens with zero attached hydrogens (tertiary/aromatic N) is 2. The maximum atomic E-state index is 5.65. The predicted molar refractivity (Wildman–Crippen MR) is 71.7 cm³/mol. The number of aromatic nitrogens is 1. The van der Waals surface area contributed by atoms with Crippen molar-refractivity contribution in [1.29, 1.82) is 0 Å². The monoisotopic (exact) mass is 233 g/mol. The van der Waals surface area contributed by atoms with Crippen LogP contribution in [0.3, 0.4) is 0 Å². The minimum absolute atomic E-state index is 0.559. The smallest absolute Gasteiger partial charge is 0.123 e. The summed E-state index contributed by atoms with van der Waals surface area (Å²) in [4.78, 5) is 6.83. The van der Waals surface area contributed by atoms with E-state index in [1.165, 1.54) is 50.8 Å². The minimum atomic E-state index is 0.559. The lowest BCUT2D eigenvalue weighted by Crippen LogP contribution is -2.34. The van der Waals surface area contributed by atoms with Crippen molar-refractivity contribution in [2.45, 2.75) is 45.1 Å². The Hall–Kier alpha value is -1.09. The maximum absolute atomic E-state index is 5.65. The molecule has 0 bridgehead atoms. The number of rotatable bonds is 4. The van der Waals surface area contributed by atoms with E-state index in [4.69, 9.17) is 5.73 Å². The molecule has 0 saturated carbocycles. The van der Waals surface area contributed by atoms with Gasteiger partial charge >= 0.3 is 0 Å². The van der Waals surface area contributed by atoms with Crippen molar-refractivity contribution >= 4 is 5.82 Å². The summed E-state index contributed by atoms with van der Waals surface area (Å²) in [5.74, 6) is 0.615. The maximum Gasteiger partial charge on any atom is 0.123 e. The minimum Gasteiger partial charge on any atom is -0.384 e. The Labute approximate surface area is 104 Å². The summed E-state index contributed by atoms with van der Waals surface area (Å²) in [7, 11) is 0. The van der Waals surface area contributed by atoms with Crippen molar-refractivity contribution in [2.24, 2.45) is 0 Å². The van der Waals surface area contributed by atoms with E-state index in [-0.39, 0.29) is 0 Å². The van der Waals surface area contributed by atoms with Crippen LogP contribution >= 0.6 is 0 Å². The van der Waals surface area contributed by atoms with Crippen LogP contribution in [-0.2, 0) is 0 Å². The molecule has 17 heavy (non-hydrogen) atoms. The van der Waals surface area contributed by atoms with Crippen LogP contribution in [0.25, 0.3) is 0 Å². The summed E-state index contributed by atoms with van der Waals surface area (Å²) in [5.41, 5.74) is 6.98. The van der Waals surface area contributed by atoms with Gasteiger partial charge in [-0.2, -0.15) is 0 Å². The van der Waals surface area contributed by atoms with Crippen molar-refractivity contribution in [1.82, 2.24) is 9.88 Å². The van der Waals surface area contributed by atoms with Crippen LogP contribution in [0.4, 0.5) is 5.82 Å². The molecule has 1 aliphatic heterocycles. The van der Waals surface area contributed by atoms with Gasteiger partial charge < -0.3 is 5.73 Å². The molecule has 0 unspecified atom stereocenters. The van der Waals surface area contributed by atoms with E-state index >= 15 is 0 Å². The van der Waals surface area contributed by atoms with Crippen LogP contribution in [-0.4, -0.2) is 23.0 Å². The highest BCUT2D eigenvalue weighted by Crippen LogP contribution is 2.30. The second-order valence-electron chi connectivity index (χ2n) is 4.92. The summed E-state index contributed by atoms with van der Waals surface area (Å²) in [5, 5.41) is 0. The Balaban J connectivity index is 2.07. The fourth-order valence-corrected chi connectivity index (χ4v) is 2.61. The fraction of sp³-hybridized carbons (Fsp3) is 0.643. The number of nitrogens with two attached hydrogens (primary N) is 1. The highest BCUT2D eigenvalue weighted by atomic mass is 15.2. The first-order valence-corrected chi connectivity index (χ1v) is 6.76. The number of piperidine rings is 1. The van der Waals surface area contributed by atoms with E-state index < -0.39 is 0 Å². The normalized spacial score (nSPS) is 21.6. The van der Waals surface area contributed by atoms with Gasteiger partial charge in [0.2, 0.25) is 0 Å². The molecule has 94 valence electrons. The summed E-state index contributed by atoms with van der Waals surface area (Å²) >= 11 is 0. The van der Waals surface area contributed by atoms with Crippen molar-refractivity contribution in [3.63, 3.8) is 0 Å². The van der Waals surface area contributed by atoms with Crippen LogP contribution in [0.15, 0.2) is 18.3 Å². The number of unbranched alkanes of at least 4 members (excludes halogenated alkanes) is 1. The molecule has 3 heteroatoms. The SMILES string of the molecule is CCCCN1CCCC[C@@H]1c1ccc(N)nc1. The van der Waals surface area contributed by atoms with Crippen LogP contribution in [0.5, 0.6) is 0 Å². The second-order valence-corrected chi connectivity index (χ2v) is 4.92. The number of pyridine rings is 1. The number of hydrogen-bond acceptors (Lipinski definition) is 3. The largest absolute Gasteiger partial charge is 0.384 e. The first kappa shape index (κ1) is 12.4. The average Bonchev–Trinajstić information content (AvgIpc) is 2.38. The third-order valence-corrected chi connectivity index (χ3v) is 3.61. The van der Waals surface area contributed by atoms with Gasteiger partial charge in [-0.1, -0.05) is 25.8 Å². The number of nitrogen functional groups attached to an aromatic ring is 1. The van der Waals surface area contributed by atoms with Crippen LogP contribution in [0.2, 0.25) is 0 Å². The molecule has 1 aliphatic rings. The lowest BCUT2D eigenvalue weighted by Gasteiger charge is -2.35. The lowest BCUT2D eigenvalue weighted by atomic mass is 9.96. The molecule has 2 rings (SSSR count). The van der Waals surface area contributed by atoms with Crippen molar-refractivity contribution < 1.29 is 0 Å². The van der Waals surface area contributed by atoms with Gasteiger partial charge in [-0.05, 0) is 44.0 Å². The van der Waals surface area contributed by atoms with Crippen LogP contribution in [0, 0.1) is 0 Å². The first-order valence-electron chi connectivity index (χ1n) is 6.76. The summed E-state index contributed by atoms with van der Waals surface area (Å²) in [6, 6.07) is 4.61. The van der Waals surface area contributed by atoms with Gasteiger partial charge in [-0.15, -0.1) is 0 Å². The quantitative estimate of drug-likeness (QED) is 0.869. The molecule has 0 amide bonds.